The van der Waals surface area contributed by atoms with Crippen LogP contribution in [0.15, 0.2) is 60.7 Å². The molecular formula is C21H25NO3. The Morgan fingerprint density at radius 3 is 2.52 bits per heavy atom. The first-order valence-electron chi connectivity index (χ1n) is 8.50. The summed E-state index contributed by atoms with van der Waals surface area (Å²) in [6.45, 7) is 8.93. The highest BCUT2D eigenvalue weighted by Crippen LogP contribution is 2.20. The summed E-state index contributed by atoms with van der Waals surface area (Å²) in [6.07, 6.45) is 2.07. The molecule has 0 bridgehead atoms. The molecule has 1 N–H and O–H groups in total. The largest absolute Gasteiger partial charge is 0.494 e. The molecule has 0 unspecified atom stereocenters. The molecule has 0 aliphatic carbocycles. The van der Waals surface area contributed by atoms with Crippen molar-refractivity contribution in [3.8, 4) is 11.5 Å². The van der Waals surface area contributed by atoms with Gasteiger partial charge in [-0.05, 0) is 49.2 Å². The van der Waals surface area contributed by atoms with Gasteiger partial charge in [-0.2, -0.15) is 0 Å². The Labute approximate surface area is 149 Å². The summed E-state index contributed by atoms with van der Waals surface area (Å²) < 4.78 is 11.3. The number of carbonyl (C=O) groups is 1. The Balaban J connectivity index is 2.00. The zero-order chi connectivity index (χ0) is 18.1. The number of nitrogens with one attached hydrogen (secondary N) is 1. The Morgan fingerprint density at radius 1 is 1.08 bits per heavy atom. The molecule has 0 heterocycles. The summed E-state index contributed by atoms with van der Waals surface area (Å²) in [7, 11) is 0. The van der Waals surface area contributed by atoms with Crippen LogP contribution in [0.1, 0.15) is 37.0 Å². The van der Waals surface area contributed by atoms with E-state index in [9.17, 15) is 4.79 Å². The van der Waals surface area contributed by atoms with Crippen LogP contribution in [0, 0.1) is 0 Å². The molecule has 0 saturated heterocycles. The second-order valence-electron chi connectivity index (χ2n) is 5.96. The molecule has 25 heavy (non-hydrogen) atoms. The summed E-state index contributed by atoms with van der Waals surface area (Å²) in [5.41, 5.74) is 2.18. The van der Waals surface area contributed by atoms with Crippen LogP contribution in [0.3, 0.4) is 0 Å². The van der Waals surface area contributed by atoms with Crippen LogP contribution >= 0.6 is 0 Å². The highest BCUT2D eigenvalue weighted by molar-refractivity contribution is 6.04. The predicted octanol–water partition coefficient (Wildman–Crippen LogP) is 5.07. The summed E-state index contributed by atoms with van der Waals surface area (Å²) in [6, 6.07) is 14.5. The van der Waals surface area contributed by atoms with Gasteiger partial charge < -0.3 is 14.8 Å². The van der Waals surface area contributed by atoms with Crippen molar-refractivity contribution in [3.05, 3.63) is 66.2 Å². The van der Waals surface area contributed by atoms with Crippen molar-refractivity contribution in [2.75, 3.05) is 18.5 Å². The van der Waals surface area contributed by atoms with E-state index in [0.717, 1.165) is 18.4 Å². The lowest BCUT2D eigenvalue weighted by atomic mass is 10.2. The van der Waals surface area contributed by atoms with Gasteiger partial charge in [-0.1, -0.05) is 32.1 Å². The van der Waals surface area contributed by atoms with Crippen molar-refractivity contribution >= 4 is 11.6 Å². The monoisotopic (exact) mass is 339 g/mol. The highest BCUT2D eigenvalue weighted by Gasteiger charge is 2.08. The second kappa shape index (κ2) is 9.52. The van der Waals surface area contributed by atoms with Gasteiger partial charge in [-0.25, -0.2) is 0 Å². The number of rotatable bonds is 9. The molecule has 0 fully saturated rings. The van der Waals surface area contributed by atoms with E-state index >= 15 is 0 Å². The smallest absolute Gasteiger partial charge is 0.255 e. The minimum atomic E-state index is -0.182. The van der Waals surface area contributed by atoms with Crippen molar-refractivity contribution in [2.24, 2.45) is 0 Å². The van der Waals surface area contributed by atoms with Crippen molar-refractivity contribution < 1.29 is 14.3 Å². The minimum Gasteiger partial charge on any atom is -0.494 e. The Morgan fingerprint density at radius 2 is 1.80 bits per heavy atom. The normalized spacial score (nSPS) is 10.2. The number of anilines is 1. The lowest BCUT2D eigenvalue weighted by molar-refractivity contribution is 0.102. The maximum Gasteiger partial charge on any atom is 0.255 e. The maximum atomic E-state index is 12.5. The van der Waals surface area contributed by atoms with Crippen LogP contribution in [0.5, 0.6) is 11.5 Å². The fourth-order valence-electron chi connectivity index (χ4n) is 2.13. The molecule has 132 valence electrons. The molecule has 2 aromatic carbocycles. The molecule has 0 spiro atoms. The van der Waals surface area contributed by atoms with E-state index in [2.05, 4.69) is 18.8 Å². The third kappa shape index (κ3) is 6.34. The van der Waals surface area contributed by atoms with E-state index in [-0.39, 0.29) is 5.91 Å². The second-order valence-corrected chi connectivity index (χ2v) is 5.96. The van der Waals surface area contributed by atoms with Crippen LogP contribution in [-0.2, 0) is 0 Å². The molecule has 0 saturated carbocycles. The SMILES string of the molecule is C=C(C)COc1cccc(NC(=O)c2cccc(OCCCC)c2)c1. The maximum absolute atomic E-state index is 12.5. The average molecular weight is 339 g/mol. The van der Waals surface area contributed by atoms with E-state index < -0.39 is 0 Å². The van der Waals surface area contributed by atoms with Crippen LogP contribution in [-0.4, -0.2) is 19.1 Å². The summed E-state index contributed by atoms with van der Waals surface area (Å²) in [5.74, 6) is 1.22. The molecule has 0 atom stereocenters. The van der Waals surface area contributed by atoms with Gasteiger partial charge in [-0.15, -0.1) is 0 Å². The topological polar surface area (TPSA) is 47.6 Å². The fraction of sp³-hybridized carbons (Fsp3) is 0.286. The van der Waals surface area contributed by atoms with E-state index in [1.165, 1.54) is 0 Å². The number of benzene rings is 2. The van der Waals surface area contributed by atoms with Crippen LogP contribution in [0.2, 0.25) is 0 Å². The number of amides is 1. The number of hydrogen-bond acceptors (Lipinski definition) is 3. The summed E-state index contributed by atoms with van der Waals surface area (Å²) in [4.78, 5) is 12.5. The molecule has 4 heteroatoms. The molecule has 2 rings (SSSR count). The van der Waals surface area contributed by atoms with Gasteiger partial charge in [0.1, 0.15) is 18.1 Å². The Bertz CT molecular complexity index is 725. The third-order valence-corrected chi connectivity index (χ3v) is 3.44. The van der Waals surface area contributed by atoms with E-state index in [0.29, 0.717) is 36.0 Å². The van der Waals surface area contributed by atoms with Gasteiger partial charge in [0.05, 0.1) is 6.61 Å². The molecule has 0 aliphatic heterocycles. The summed E-state index contributed by atoms with van der Waals surface area (Å²) >= 11 is 0. The highest BCUT2D eigenvalue weighted by atomic mass is 16.5. The van der Waals surface area contributed by atoms with Gasteiger partial charge in [0.25, 0.3) is 5.91 Å². The lowest BCUT2D eigenvalue weighted by Gasteiger charge is -2.10. The molecule has 1 amide bonds. The Hall–Kier alpha value is -2.75. The third-order valence-electron chi connectivity index (χ3n) is 3.44. The Kier molecular flexibility index (Phi) is 7.08. The van der Waals surface area contributed by atoms with Crippen molar-refractivity contribution in [3.63, 3.8) is 0 Å². The predicted molar refractivity (Wildman–Crippen MR) is 102 cm³/mol. The van der Waals surface area contributed by atoms with E-state index in [4.69, 9.17) is 9.47 Å². The molecular weight excluding hydrogens is 314 g/mol. The average Bonchev–Trinajstić information content (AvgIpc) is 2.61. The van der Waals surface area contributed by atoms with Crippen molar-refractivity contribution in [2.45, 2.75) is 26.7 Å². The van der Waals surface area contributed by atoms with Gasteiger partial charge >= 0.3 is 0 Å². The number of carbonyl (C=O) groups excluding carboxylic acids is 1. The lowest BCUT2D eigenvalue weighted by Crippen LogP contribution is -2.12. The fourth-order valence-corrected chi connectivity index (χ4v) is 2.13. The van der Waals surface area contributed by atoms with Crippen molar-refractivity contribution in [1.29, 1.82) is 0 Å². The number of hydrogen-bond donors (Lipinski definition) is 1. The number of ether oxygens (including phenoxy) is 2. The van der Waals surface area contributed by atoms with Crippen LogP contribution in [0.25, 0.3) is 0 Å². The van der Waals surface area contributed by atoms with Crippen molar-refractivity contribution in [1.82, 2.24) is 0 Å². The molecule has 2 aromatic rings. The van der Waals surface area contributed by atoms with E-state index in [1.54, 1.807) is 18.2 Å². The first kappa shape index (κ1) is 18.6. The molecule has 4 nitrogen and oxygen atoms in total. The summed E-state index contributed by atoms with van der Waals surface area (Å²) in [5, 5.41) is 2.88. The number of unbranched alkanes of at least 4 members (excludes halogenated alkanes) is 1. The van der Waals surface area contributed by atoms with Gasteiger partial charge in [0.15, 0.2) is 0 Å². The quantitative estimate of drug-likeness (QED) is 0.512. The molecule has 0 aromatic heterocycles. The molecule has 0 aliphatic rings. The van der Waals surface area contributed by atoms with Crippen LogP contribution in [0.4, 0.5) is 5.69 Å². The van der Waals surface area contributed by atoms with E-state index in [1.807, 2.05) is 37.3 Å². The first-order valence-corrected chi connectivity index (χ1v) is 8.50. The zero-order valence-electron chi connectivity index (χ0n) is 14.9. The molecule has 0 radical (unpaired) electrons. The van der Waals surface area contributed by atoms with Crippen LogP contribution < -0.4 is 14.8 Å². The minimum absolute atomic E-state index is 0.182. The standard InChI is InChI=1S/C21H25NO3/c1-4-5-12-24-19-10-6-8-17(13-19)21(23)22-18-9-7-11-20(14-18)25-15-16(2)3/h6-11,13-14H,2,4-5,12,15H2,1,3H3,(H,22,23). The van der Waals surface area contributed by atoms with Gasteiger partial charge in [0, 0.05) is 17.3 Å². The van der Waals surface area contributed by atoms with Gasteiger partial charge in [0.2, 0.25) is 0 Å². The first-order chi connectivity index (χ1) is 12.1. The van der Waals surface area contributed by atoms with Gasteiger partial charge in [-0.3, -0.25) is 4.79 Å². The zero-order valence-corrected chi connectivity index (χ0v) is 14.9.